The molecule has 0 spiro atoms. The summed E-state index contributed by atoms with van der Waals surface area (Å²) < 4.78 is 10.5. The molecule has 0 aliphatic rings. The van der Waals surface area contributed by atoms with Crippen LogP contribution in [0.4, 0.5) is 0 Å². The van der Waals surface area contributed by atoms with Crippen molar-refractivity contribution in [3.63, 3.8) is 0 Å². The van der Waals surface area contributed by atoms with E-state index in [1.54, 1.807) is 6.07 Å². The van der Waals surface area contributed by atoms with Gasteiger partial charge in [0.1, 0.15) is 5.75 Å². The largest absolute Gasteiger partial charge is 0.452 e. The molecule has 0 unspecified atom stereocenters. The number of ether oxygens (including phenoxy) is 2. The minimum absolute atomic E-state index is 0.00494. The first kappa shape index (κ1) is 25.8. The van der Waals surface area contributed by atoms with Crippen LogP contribution < -0.4 is 4.74 Å². The van der Waals surface area contributed by atoms with E-state index in [0.29, 0.717) is 5.75 Å². The van der Waals surface area contributed by atoms with Crippen LogP contribution in [0.15, 0.2) is 24.3 Å². The fourth-order valence-electron chi connectivity index (χ4n) is 3.13. The lowest BCUT2D eigenvalue weighted by Crippen LogP contribution is -2.13. The first-order chi connectivity index (χ1) is 14.7. The second-order valence-corrected chi connectivity index (χ2v) is 7.57. The molecule has 0 saturated heterocycles. The Morgan fingerprint density at radius 3 is 2.20 bits per heavy atom. The van der Waals surface area contributed by atoms with Crippen molar-refractivity contribution in [1.82, 2.24) is 0 Å². The fraction of sp³-hybridized carbons (Fsp3) is 0.615. The highest BCUT2D eigenvalue weighted by molar-refractivity contribution is 5.79. The van der Waals surface area contributed by atoms with Crippen molar-refractivity contribution in [2.24, 2.45) is 0 Å². The van der Waals surface area contributed by atoms with Crippen LogP contribution >= 0.6 is 0 Å². The van der Waals surface area contributed by atoms with Gasteiger partial charge in [0.25, 0.3) is 0 Å². The van der Waals surface area contributed by atoms with Gasteiger partial charge in [-0.3, -0.25) is 9.59 Å². The molecule has 0 aliphatic carbocycles. The van der Waals surface area contributed by atoms with Gasteiger partial charge in [0, 0.05) is 6.42 Å². The summed E-state index contributed by atoms with van der Waals surface area (Å²) in [5.41, 5.74) is 1.00. The third kappa shape index (κ3) is 13.0. The number of aryl methyl sites for hydroxylation is 1. The van der Waals surface area contributed by atoms with Crippen LogP contribution in [0, 0.1) is 11.8 Å². The highest BCUT2D eigenvalue weighted by Gasteiger charge is 2.11. The number of benzene rings is 1. The van der Waals surface area contributed by atoms with Gasteiger partial charge in [-0.05, 0) is 24.5 Å². The highest BCUT2D eigenvalue weighted by Crippen LogP contribution is 2.20. The number of hydrogen-bond acceptors (Lipinski definition) is 4. The average molecular weight is 415 g/mol. The molecule has 0 saturated carbocycles. The van der Waals surface area contributed by atoms with Gasteiger partial charge in [-0.1, -0.05) is 95.3 Å². The maximum atomic E-state index is 12.0. The maximum Gasteiger partial charge on any atom is 0.311 e. The number of rotatable bonds is 15. The molecule has 1 aromatic carbocycles. The standard InChI is InChI=1S/C26H38O4/c1-3-5-6-7-8-9-10-11-12-13-16-22-29-25(27)20-21-26(28)30-24-19-15-14-18-23(24)17-4-2/h14-15,18-19H,3-12,17,20-22H2,1-2H3. The Bertz CT molecular complexity index is 669. The van der Waals surface area contributed by atoms with Crippen molar-refractivity contribution >= 4 is 11.9 Å². The third-order valence-corrected chi connectivity index (χ3v) is 4.83. The highest BCUT2D eigenvalue weighted by atomic mass is 16.5. The quantitative estimate of drug-likeness (QED) is 0.144. The number of para-hydroxylation sites is 1. The average Bonchev–Trinajstić information content (AvgIpc) is 2.74. The smallest absolute Gasteiger partial charge is 0.311 e. The van der Waals surface area contributed by atoms with Crippen LogP contribution in [0.5, 0.6) is 5.75 Å². The van der Waals surface area contributed by atoms with Gasteiger partial charge in [-0.2, -0.15) is 0 Å². The summed E-state index contributed by atoms with van der Waals surface area (Å²) >= 11 is 0. The molecule has 1 aromatic rings. The monoisotopic (exact) mass is 414 g/mol. The van der Waals surface area contributed by atoms with Crippen molar-refractivity contribution in [2.75, 3.05) is 6.61 Å². The summed E-state index contributed by atoms with van der Waals surface area (Å²) in [7, 11) is 0. The number of hydrogen-bond donors (Lipinski definition) is 0. The van der Waals surface area contributed by atoms with Crippen LogP contribution in [-0.2, 0) is 20.7 Å². The number of esters is 2. The molecule has 166 valence electrons. The van der Waals surface area contributed by atoms with Crippen molar-refractivity contribution in [1.29, 1.82) is 0 Å². The minimum atomic E-state index is -0.421. The Balaban J connectivity index is 2.08. The minimum Gasteiger partial charge on any atom is -0.452 e. The Morgan fingerprint density at radius 1 is 0.800 bits per heavy atom. The molecule has 4 nitrogen and oxygen atoms in total. The molecule has 0 aromatic heterocycles. The molecule has 0 fully saturated rings. The predicted octanol–water partition coefficient (Wildman–Crippen LogP) is 6.40. The third-order valence-electron chi connectivity index (χ3n) is 4.83. The van der Waals surface area contributed by atoms with Gasteiger partial charge in [-0.15, -0.1) is 0 Å². The molecule has 0 N–H and O–H groups in total. The Morgan fingerprint density at radius 2 is 1.47 bits per heavy atom. The number of carbonyl (C=O) groups excluding carboxylic acids is 2. The van der Waals surface area contributed by atoms with E-state index in [2.05, 4.69) is 25.7 Å². The molecule has 0 atom stereocenters. The van der Waals surface area contributed by atoms with Gasteiger partial charge in [0.05, 0.1) is 12.8 Å². The molecule has 0 radical (unpaired) electrons. The van der Waals surface area contributed by atoms with Crippen molar-refractivity contribution in [3.05, 3.63) is 29.8 Å². The molecule has 4 heteroatoms. The summed E-state index contributed by atoms with van der Waals surface area (Å²) in [6.45, 7) is 4.40. The zero-order valence-electron chi connectivity index (χ0n) is 18.8. The van der Waals surface area contributed by atoms with E-state index in [-0.39, 0.29) is 19.4 Å². The summed E-state index contributed by atoms with van der Waals surface area (Å²) in [6, 6.07) is 7.49. The van der Waals surface area contributed by atoms with E-state index in [4.69, 9.17) is 9.47 Å². The predicted molar refractivity (Wildman–Crippen MR) is 121 cm³/mol. The van der Waals surface area contributed by atoms with Gasteiger partial charge in [0.15, 0.2) is 6.61 Å². The molecule has 30 heavy (non-hydrogen) atoms. The summed E-state index contributed by atoms with van der Waals surface area (Å²) in [6.07, 6.45) is 12.9. The van der Waals surface area contributed by atoms with E-state index >= 15 is 0 Å². The number of carbonyl (C=O) groups is 2. The normalized spacial score (nSPS) is 10.2. The van der Waals surface area contributed by atoms with Crippen LogP contribution in [0.3, 0.4) is 0 Å². The second-order valence-electron chi connectivity index (χ2n) is 7.57. The maximum absolute atomic E-state index is 12.0. The van der Waals surface area contributed by atoms with E-state index < -0.39 is 11.9 Å². The van der Waals surface area contributed by atoms with E-state index in [1.165, 1.54) is 44.9 Å². The Labute approximate surface area is 182 Å². The van der Waals surface area contributed by atoms with Crippen molar-refractivity contribution in [2.45, 2.75) is 97.3 Å². The SMILES string of the molecule is CCCCCCCCCCC#CCOC(=O)CCC(=O)Oc1ccccc1CCC. The topological polar surface area (TPSA) is 52.6 Å². The zero-order chi connectivity index (χ0) is 21.9. The Kier molecular flexibility index (Phi) is 15.1. The fourth-order valence-corrected chi connectivity index (χ4v) is 3.13. The van der Waals surface area contributed by atoms with E-state index in [9.17, 15) is 9.59 Å². The Hall–Kier alpha value is -2.28. The first-order valence-electron chi connectivity index (χ1n) is 11.6. The molecule has 0 amide bonds. The lowest BCUT2D eigenvalue weighted by Gasteiger charge is -2.09. The number of unbranched alkanes of at least 4 members (excludes halogenated alkanes) is 8. The van der Waals surface area contributed by atoms with Crippen molar-refractivity contribution < 1.29 is 19.1 Å². The van der Waals surface area contributed by atoms with Gasteiger partial charge in [0.2, 0.25) is 0 Å². The summed E-state index contributed by atoms with van der Waals surface area (Å²) in [5, 5.41) is 0. The van der Waals surface area contributed by atoms with Crippen LogP contribution in [0.25, 0.3) is 0 Å². The molecule has 0 aliphatic heterocycles. The zero-order valence-corrected chi connectivity index (χ0v) is 18.8. The summed E-state index contributed by atoms with van der Waals surface area (Å²) in [5.74, 6) is 5.66. The van der Waals surface area contributed by atoms with Gasteiger partial charge >= 0.3 is 11.9 Å². The lowest BCUT2D eigenvalue weighted by molar-refractivity contribution is -0.145. The molecule has 0 bridgehead atoms. The molecule has 0 heterocycles. The molecular formula is C26H38O4. The van der Waals surface area contributed by atoms with E-state index in [1.807, 2.05) is 18.2 Å². The second kappa shape index (κ2) is 17.6. The van der Waals surface area contributed by atoms with E-state index in [0.717, 1.165) is 31.2 Å². The van der Waals surface area contributed by atoms with Crippen LogP contribution in [0.2, 0.25) is 0 Å². The molecular weight excluding hydrogens is 376 g/mol. The van der Waals surface area contributed by atoms with Gasteiger partial charge in [-0.25, -0.2) is 0 Å². The first-order valence-corrected chi connectivity index (χ1v) is 11.6. The van der Waals surface area contributed by atoms with Crippen molar-refractivity contribution in [3.8, 4) is 17.6 Å². The van der Waals surface area contributed by atoms with Crippen LogP contribution in [-0.4, -0.2) is 18.5 Å². The summed E-state index contributed by atoms with van der Waals surface area (Å²) in [4.78, 5) is 23.7. The van der Waals surface area contributed by atoms with Crippen LogP contribution in [0.1, 0.15) is 96.5 Å². The molecule has 1 rings (SSSR count). The lowest BCUT2D eigenvalue weighted by atomic mass is 10.1. The van der Waals surface area contributed by atoms with Gasteiger partial charge < -0.3 is 9.47 Å².